The molecular weight excluding hydrogens is 441 g/mol. The minimum atomic E-state index is -0.422. The van der Waals surface area contributed by atoms with Crippen LogP contribution in [0.1, 0.15) is 44.7 Å². The molecule has 30 heavy (non-hydrogen) atoms. The molecule has 0 aromatic heterocycles. The summed E-state index contributed by atoms with van der Waals surface area (Å²) >= 11 is 14.5. The molecule has 0 saturated carbocycles. The lowest BCUT2D eigenvalue weighted by molar-refractivity contribution is -0.119. The standard InChI is InChI=1S/C23H29Cl2NO3S/c1-5-6-12-28-22-20(24)11-10-19(21(22)25)23(2,3)16-8-7-9-18(13-16)29-15-17(27)14-26-30-4/h7-11,13,26H,5-6,12,14-15H2,1-4H3. The van der Waals surface area contributed by atoms with Crippen LogP contribution in [0.15, 0.2) is 36.4 Å². The smallest absolute Gasteiger partial charge is 0.184 e. The molecule has 0 bridgehead atoms. The van der Waals surface area contributed by atoms with Crippen LogP contribution in [0.25, 0.3) is 0 Å². The van der Waals surface area contributed by atoms with Crippen molar-refractivity contribution in [1.82, 2.24) is 4.72 Å². The number of carbonyl (C=O) groups excluding carboxylic acids is 1. The predicted octanol–water partition coefficient (Wildman–Crippen LogP) is 6.31. The number of Topliss-reactive ketones (excluding diaryl/α,β-unsaturated/α-hetero) is 1. The quantitative estimate of drug-likeness (QED) is 0.291. The van der Waals surface area contributed by atoms with E-state index in [1.807, 2.05) is 42.7 Å². The summed E-state index contributed by atoms with van der Waals surface area (Å²) in [6.07, 6.45) is 3.84. The molecule has 1 N–H and O–H groups in total. The fraction of sp³-hybridized carbons (Fsp3) is 0.435. The Labute approximate surface area is 193 Å². The Bertz CT molecular complexity index is 858. The molecule has 2 aromatic carbocycles. The zero-order chi connectivity index (χ0) is 22.1. The van der Waals surface area contributed by atoms with E-state index < -0.39 is 5.41 Å². The molecule has 0 spiro atoms. The lowest BCUT2D eigenvalue weighted by Gasteiger charge is -2.28. The summed E-state index contributed by atoms with van der Waals surface area (Å²) in [5, 5.41) is 1.03. The van der Waals surface area contributed by atoms with Crippen molar-refractivity contribution < 1.29 is 14.3 Å². The summed E-state index contributed by atoms with van der Waals surface area (Å²) in [5.74, 6) is 1.16. The van der Waals surface area contributed by atoms with Gasteiger partial charge in [-0.3, -0.25) is 9.52 Å². The Morgan fingerprint density at radius 1 is 1.17 bits per heavy atom. The van der Waals surface area contributed by atoms with Crippen LogP contribution >= 0.6 is 35.1 Å². The summed E-state index contributed by atoms with van der Waals surface area (Å²) in [5.41, 5.74) is 1.50. The molecule has 4 nitrogen and oxygen atoms in total. The van der Waals surface area contributed by atoms with E-state index in [1.165, 1.54) is 11.9 Å². The van der Waals surface area contributed by atoms with Crippen LogP contribution < -0.4 is 14.2 Å². The van der Waals surface area contributed by atoms with Crippen LogP contribution in [0.2, 0.25) is 10.0 Å². The van der Waals surface area contributed by atoms with Crippen LogP contribution in [0, 0.1) is 0 Å². The molecule has 0 aliphatic rings. The minimum absolute atomic E-state index is 0.0105. The highest BCUT2D eigenvalue weighted by molar-refractivity contribution is 7.96. The fourth-order valence-corrected chi connectivity index (χ4v) is 3.99. The third kappa shape index (κ3) is 6.55. The van der Waals surface area contributed by atoms with Crippen molar-refractivity contribution in [3.05, 3.63) is 57.6 Å². The second kappa shape index (κ2) is 11.8. The lowest BCUT2D eigenvalue weighted by Crippen LogP contribution is -2.23. The molecule has 7 heteroatoms. The summed E-state index contributed by atoms with van der Waals surface area (Å²) in [6, 6.07) is 11.5. The van der Waals surface area contributed by atoms with Gasteiger partial charge >= 0.3 is 0 Å². The van der Waals surface area contributed by atoms with E-state index in [9.17, 15) is 4.79 Å². The number of benzene rings is 2. The Hall–Kier alpha value is -1.40. The van der Waals surface area contributed by atoms with E-state index >= 15 is 0 Å². The predicted molar refractivity (Wildman–Crippen MR) is 127 cm³/mol. The molecule has 0 unspecified atom stereocenters. The molecule has 2 rings (SSSR count). The van der Waals surface area contributed by atoms with Crippen molar-refractivity contribution in [2.45, 2.75) is 39.0 Å². The van der Waals surface area contributed by atoms with Crippen LogP contribution in [-0.4, -0.2) is 31.8 Å². The first-order valence-electron chi connectivity index (χ1n) is 9.93. The van der Waals surface area contributed by atoms with Gasteiger partial charge < -0.3 is 9.47 Å². The highest BCUT2D eigenvalue weighted by Crippen LogP contribution is 2.43. The minimum Gasteiger partial charge on any atom is -0.490 e. The maximum Gasteiger partial charge on any atom is 0.184 e. The molecule has 0 saturated heterocycles. The number of halogens is 2. The van der Waals surface area contributed by atoms with E-state index in [4.69, 9.17) is 32.7 Å². The van der Waals surface area contributed by atoms with Gasteiger partial charge in [0.2, 0.25) is 0 Å². The first kappa shape index (κ1) is 24.9. The summed E-state index contributed by atoms with van der Waals surface area (Å²) in [7, 11) is 0. The molecule has 0 heterocycles. The normalized spacial score (nSPS) is 11.4. The fourth-order valence-electron chi connectivity index (χ4n) is 2.96. The lowest BCUT2D eigenvalue weighted by atomic mass is 9.78. The highest BCUT2D eigenvalue weighted by Gasteiger charge is 2.28. The summed E-state index contributed by atoms with van der Waals surface area (Å²) < 4.78 is 14.5. The van der Waals surface area contributed by atoms with Crippen LogP contribution in [0.4, 0.5) is 0 Å². The van der Waals surface area contributed by atoms with Crippen LogP contribution in [-0.2, 0) is 10.2 Å². The molecule has 0 atom stereocenters. The number of carbonyl (C=O) groups is 1. The van der Waals surface area contributed by atoms with E-state index in [0.717, 1.165) is 24.0 Å². The average molecular weight is 470 g/mol. The molecule has 0 amide bonds. The van der Waals surface area contributed by atoms with E-state index in [0.29, 0.717) is 28.2 Å². The average Bonchev–Trinajstić information content (AvgIpc) is 2.73. The number of unbranched alkanes of at least 4 members (excludes halogenated alkanes) is 1. The second-order valence-electron chi connectivity index (χ2n) is 7.45. The number of ketones is 1. The summed E-state index contributed by atoms with van der Waals surface area (Å²) in [6.45, 7) is 7.15. The molecule has 0 aliphatic carbocycles. The van der Waals surface area contributed by atoms with Gasteiger partial charge in [-0.05, 0) is 42.0 Å². The Morgan fingerprint density at radius 2 is 1.93 bits per heavy atom. The van der Waals surface area contributed by atoms with Gasteiger partial charge in [0.25, 0.3) is 0 Å². The topological polar surface area (TPSA) is 47.6 Å². The van der Waals surface area contributed by atoms with Gasteiger partial charge in [0.05, 0.1) is 23.2 Å². The van der Waals surface area contributed by atoms with Crippen molar-refractivity contribution in [3.8, 4) is 11.5 Å². The first-order chi connectivity index (χ1) is 14.3. The van der Waals surface area contributed by atoms with Gasteiger partial charge in [0.15, 0.2) is 11.5 Å². The number of rotatable bonds is 12. The van der Waals surface area contributed by atoms with Gasteiger partial charge in [0.1, 0.15) is 12.4 Å². The van der Waals surface area contributed by atoms with E-state index in [2.05, 4.69) is 25.5 Å². The molecule has 0 fully saturated rings. The summed E-state index contributed by atoms with van der Waals surface area (Å²) in [4.78, 5) is 11.9. The Balaban J connectivity index is 2.24. The highest BCUT2D eigenvalue weighted by atomic mass is 35.5. The van der Waals surface area contributed by atoms with Crippen molar-refractivity contribution in [2.24, 2.45) is 0 Å². The van der Waals surface area contributed by atoms with Gasteiger partial charge in [-0.25, -0.2) is 0 Å². The first-order valence-corrected chi connectivity index (χ1v) is 11.9. The van der Waals surface area contributed by atoms with Crippen LogP contribution in [0.3, 0.4) is 0 Å². The van der Waals surface area contributed by atoms with Crippen molar-refractivity contribution >= 4 is 40.9 Å². The van der Waals surface area contributed by atoms with E-state index in [-0.39, 0.29) is 18.9 Å². The number of hydrogen-bond donors (Lipinski definition) is 1. The Morgan fingerprint density at radius 3 is 2.63 bits per heavy atom. The largest absolute Gasteiger partial charge is 0.490 e. The van der Waals surface area contributed by atoms with Crippen molar-refractivity contribution in [3.63, 3.8) is 0 Å². The third-order valence-electron chi connectivity index (χ3n) is 4.84. The number of nitrogens with one attached hydrogen (secondary N) is 1. The maximum absolute atomic E-state index is 11.9. The van der Waals surface area contributed by atoms with Gasteiger partial charge in [0, 0.05) is 5.41 Å². The van der Waals surface area contributed by atoms with E-state index in [1.54, 1.807) is 0 Å². The molecule has 0 radical (unpaired) electrons. The maximum atomic E-state index is 11.9. The van der Waals surface area contributed by atoms with Gasteiger partial charge in [-0.1, -0.05) is 80.5 Å². The number of ether oxygens (including phenoxy) is 2. The molecule has 0 aliphatic heterocycles. The zero-order valence-electron chi connectivity index (χ0n) is 17.9. The zero-order valence-corrected chi connectivity index (χ0v) is 20.2. The second-order valence-corrected chi connectivity index (χ2v) is 8.93. The monoisotopic (exact) mass is 469 g/mol. The number of hydrogen-bond acceptors (Lipinski definition) is 5. The SMILES string of the molecule is CCCCOc1c(Cl)ccc(C(C)(C)c2cccc(OCC(=O)CNSC)c2)c1Cl. The molecular formula is C23H29Cl2NO3S. The Kier molecular flexibility index (Phi) is 9.82. The van der Waals surface area contributed by atoms with Crippen LogP contribution in [0.5, 0.6) is 11.5 Å². The molecule has 164 valence electrons. The van der Waals surface area contributed by atoms with Gasteiger partial charge in [-0.2, -0.15) is 0 Å². The third-order valence-corrected chi connectivity index (χ3v) is 5.94. The van der Waals surface area contributed by atoms with Crippen molar-refractivity contribution in [1.29, 1.82) is 0 Å². The van der Waals surface area contributed by atoms with Crippen molar-refractivity contribution in [2.75, 3.05) is 26.0 Å². The van der Waals surface area contributed by atoms with Gasteiger partial charge in [-0.15, -0.1) is 0 Å². The molecule has 2 aromatic rings.